The van der Waals surface area contributed by atoms with E-state index in [0.717, 1.165) is 60.9 Å². The van der Waals surface area contributed by atoms with Crippen LogP contribution in [0.3, 0.4) is 0 Å². The average molecular weight is 655 g/mol. The van der Waals surface area contributed by atoms with Crippen LogP contribution in [0.2, 0.25) is 0 Å². The molecule has 0 spiro atoms. The van der Waals surface area contributed by atoms with E-state index < -0.39 is 0 Å². The van der Waals surface area contributed by atoms with Crippen molar-refractivity contribution in [3.63, 3.8) is 0 Å². The Bertz CT molecular complexity index is 2820. The summed E-state index contributed by atoms with van der Waals surface area (Å²) in [6, 6.07) is 56.8. The minimum absolute atomic E-state index is 0.462. The second-order valence-corrected chi connectivity index (χ2v) is 12.7. The van der Waals surface area contributed by atoms with E-state index in [-0.39, 0.29) is 0 Å². The number of hydrogen-bond donors (Lipinski definition) is 0. The monoisotopic (exact) mass is 654 g/mol. The highest BCUT2D eigenvalue weighted by Crippen LogP contribution is 2.42. The lowest BCUT2D eigenvalue weighted by Gasteiger charge is -2.14. The molecule has 6 nitrogen and oxygen atoms in total. The van der Waals surface area contributed by atoms with Gasteiger partial charge in [0.1, 0.15) is 0 Å². The molecule has 0 aliphatic carbocycles. The van der Waals surface area contributed by atoms with Crippen molar-refractivity contribution in [2.45, 2.75) is 6.54 Å². The van der Waals surface area contributed by atoms with Crippen LogP contribution in [0.5, 0.6) is 0 Å². The summed E-state index contributed by atoms with van der Waals surface area (Å²) in [4.78, 5) is 20.1. The Balaban J connectivity index is 1.24. The number of para-hydroxylation sites is 3. The lowest BCUT2D eigenvalue weighted by molar-refractivity contribution is 0.786. The first-order valence-corrected chi connectivity index (χ1v) is 17.1. The zero-order chi connectivity index (χ0) is 33.7. The first-order valence-electron chi connectivity index (χ1n) is 17.1. The molecule has 0 fully saturated rings. The van der Waals surface area contributed by atoms with Crippen LogP contribution >= 0.6 is 0 Å². The highest BCUT2D eigenvalue weighted by atomic mass is 15.1. The maximum atomic E-state index is 5.09. The van der Waals surface area contributed by atoms with Gasteiger partial charge in [0.25, 0.3) is 0 Å². The highest BCUT2D eigenvalue weighted by molar-refractivity contribution is 6.19. The third kappa shape index (κ3) is 4.80. The fourth-order valence-corrected chi connectivity index (χ4v) is 7.51. The van der Waals surface area contributed by atoms with Crippen LogP contribution in [0.15, 0.2) is 170 Å². The van der Waals surface area contributed by atoms with Gasteiger partial charge in [0.2, 0.25) is 0 Å². The zero-order valence-electron chi connectivity index (χ0n) is 27.6. The number of fused-ring (bicyclic) bond motifs is 6. The predicted molar refractivity (Wildman–Crippen MR) is 207 cm³/mol. The third-order valence-corrected chi connectivity index (χ3v) is 9.69. The van der Waals surface area contributed by atoms with E-state index >= 15 is 0 Å². The van der Waals surface area contributed by atoms with Crippen LogP contribution in [0.1, 0.15) is 5.82 Å². The molecule has 6 heteroatoms. The minimum atomic E-state index is 0.462. The van der Waals surface area contributed by atoms with Gasteiger partial charge in [0.15, 0.2) is 17.5 Å². The number of aromatic nitrogens is 6. The van der Waals surface area contributed by atoms with Gasteiger partial charge < -0.3 is 9.13 Å². The lowest BCUT2D eigenvalue weighted by atomic mass is 9.98. The molecule has 10 aromatic rings. The molecule has 0 radical (unpaired) electrons. The van der Waals surface area contributed by atoms with Crippen molar-refractivity contribution < 1.29 is 0 Å². The Labute approximate surface area is 294 Å². The second-order valence-electron chi connectivity index (χ2n) is 12.7. The minimum Gasteiger partial charge on any atom is -0.332 e. The van der Waals surface area contributed by atoms with Gasteiger partial charge in [-0.2, -0.15) is 0 Å². The summed E-state index contributed by atoms with van der Waals surface area (Å²) in [5.74, 6) is 2.01. The molecule has 51 heavy (non-hydrogen) atoms. The second kappa shape index (κ2) is 11.9. The van der Waals surface area contributed by atoms with Crippen LogP contribution < -0.4 is 0 Å². The quantitative estimate of drug-likeness (QED) is 0.179. The Hall–Kier alpha value is -6.92. The first kappa shape index (κ1) is 29.0. The summed E-state index contributed by atoms with van der Waals surface area (Å²) in [5.41, 5.74) is 10.7. The van der Waals surface area contributed by atoms with E-state index in [1.54, 1.807) is 0 Å². The fourth-order valence-electron chi connectivity index (χ4n) is 7.51. The molecular formula is C45H30N6. The van der Waals surface area contributed by atoms with Gasteiger partial charge in [-0.1, -0.05) is 127 Å². The number of pyridine rings is 1. The van der Waals surface area contributed by atoms with E-state index in [4.69, 9.17) is 19.9 Å². The van der Waals surface area contributed by atoms with Crippen LogP contribution in [-0.2, 0) is 6.54 Å². The molecule has 0 saturated heterocycles. The molecule has 0 bridgehead atoms. The van der Waals surface area contributed by atoms with Crippen molar-refractivity contribution in [3.8, 4) is 39.6 Å². The molecule has 0 aliphatic rings. The standard InChI is InChI=1S/C45H30N6/c1-4-15-30(16-5-1)44-47-40(48-45(49-44)31-17-6-2-7-18-31)29-50-37-25-11-10-21-33(37)35-23-12-24-36(43(35)50)34-22-13-26-38-41(34)42-39(27-14-28-46-42)51(38)32-19-8-3-9-20-32/h1-28H,29H2. The van der Waals surface area contributed by atoms with Gasteiger partial charge in [-0.15, -0.1) is 0 Å². The maximum absolute atomic E-state index is 5.09. The van der Waals surface area contributed by atoms with E-state index in [1.165, 1.54) is 10.8 Å². The molecule has 10 rings (SSSR count). The summed E-state index contributed by atoms with van der Waals surface area (Å²) >= 11 is 0. The summed E-state index contributed by atoms with van der Waals surface area (Å²) in [6.07, 6.45) is 1.89. The van der Waals surface area contributed by atoms with Crippen molar-refractivity contribution in [1.82, 2.24) is 29.1 Å². The molecule has 240 valence electrons. The summed E-state index contributed by atoms with van der Waals surface area (Å²) in [5, 5.41) is 3.49. The SMILES string of the molecule is c1ccc(-c2nc(Cn3c4ccccc4c4cccc(-c5cccc6c5c5ncccc5n6-c5ccccc5)c43)nc(-c3ccccc3)n2)cc1. The lowest BCUT2D eigenvalue weighted by Crippen LogP contribution is -2.08. The fraction of sp³-hybridized carbons (Fsp3) is 0.0222. The van der Waals surface area contributed by atoms with E-state index in [9.17, 15) is 0 Å². The van der Waals surface area contributed by atoms with E-state index in [1.807, 2.05) is 72.9 Å². The van der Waals surface area contributed by atoms with Crippen LogP contribution in [-0.4, -0.2) is 29.1 Å². The average Bonchev–Trinajstić information content (AvgIpc) is 3.72. The van der Waals surface area contributed by atoms with Crippen molar-refractivity contribution in [3.05, 3.63) is 176 Å². The molecule has 0 saturated carbocycles. The normalized spacial score (nSPS) is 11.6. The summed E-state index contributed by atoms with van der Waals surface area (Å²) in [7, 11) is 0. The molecule has 0 aliphatic heterocycles. The summed E-state index contributed by atoms with van der Waals surface area (Å²) < 4.78 is 4.69. The van der Waals surface area contributed by atoms with Crippen LogP contribution in [0.4, 0.5) is 0 Å². The molecule has 0 N–H and O–H groups in total. The van der Waals surface area contributed by atoms with Gasteiger partial charge in [-0.25, -0.2) is 15.0 Å². The molecule has 0 atom stereocenters. The van der Waals surface area contributed by atoms with Crippen molar-refractivity contribution in [2.24, 2.45) is 0 Å². The molecule has 4 heterocycles. The predicted octanol–water partition coefficient (Wildman–Crippen LogP) is 10.5. The Morgan fingerprint density at radius 2 is 1.04 bits per heavy atom. The number of nitrogens with zero attached hydrogens (tertiary/aromatic N) is 6. The topological polar surface area (TPSA) is 61.4 Å². The Kier molecular flexibility index (Phi) is 6.77. The van der Waals surface area contributed by atoms with Crippen LogP contribution in [0.25, 0.3) is 83.3 Å². The third-order valence-electron chi connectivity index (χ3n) is 9.69. The molecule has 6 aromatic carbocycles. The first-order chi connectivity index (χ1) is 25.3. The van der Waals surface area contributed by atoms with Gasteiger partial charge in [0, 0.05) is 50.2 Å². The van der Waals surface area contributed by atoms with Gasteiger partial charge in [0.05, 0.1) is 28.6 Å². The Morgan fingerprint density at radius 3 is 1.78 bits per heavy atom. The van der Waals surface area contributed by atoms with Gasteiger partial charge >= 0.3 is 0 Å². The highest BCUT2D eigenvalue weighted by Gasteiger charge is 2.22. The van der Waals surface area contributed by atoms with Crippen LogP contribution in [0, 0.1) is 0 Å². The number of hydrogen-bond acceptors (Lipinski definition) is 4. The van der Waals surface area contributed by atoms with E-state index in [2.05, 4.69) is 106 Å². The molecular weight excluding hydrogens is 625 g/mol. The molecule has 4 aromatic heterocycles. The number of rotatable bonds is 6. The van der Waals surface area contributed by atoms with Gasteiger partial charge in [-0.3, -0.25) is 4.98 Å². The van der Waals surface area contributed by atoms with Gasteiger partial charge in [-0.05, 0) is 42.0 Å². The van der Waals surface area contributed by atoms with E-state index in [0.29, 0.717) is 24.0 Å². The largest absolute Gasteiger partial charge is 0.332 e. The molecule has 0 unspecified atom stereocenters. The Morgan fingerprint density at radius 1 is 0.451 bits per heavy atom. The van der Waals surface area contributed by atoms with Crippen molar-refractivity contribution >= 4 is 43.7 Å². The van der Waals surface area contributed by atoms with Crippen molar-refractivity contribution in [1.29, 1.82) is 0 Å². The summed E-state index contributed by atoms with van der Waals surface area (Å²) in [6.45, 7) is 0.462. The zero-order valence-corrected chi connectivity index (χ0v) is 27.6. The maximum Gasteiger partial charge on any atom is 0.163 e. The van der Waals surface area contributed by atoms with Crippen molar-refractivity contribution in [2.75, 3.05) is 0 Å². The number of benzene rings is 6. The smallest absolute Gasteiger partial charge is 0.163 e. The molecule has 0 amide bonds.